The molecule has 1 rings (SSSR count). The van der Waals surface area contributed by atoms with Gasteiger partial charge in [-0.05, 0) is 26.2 Å². The van der Waals surface area contributed by atoms with Crippen LogP contribution in [0.3, 0.4) is 0 Å². The molecule has 3 unspecified atom stereocenters. The van der Waals surface area contributed by atoms with Crippen LogP contribution in [0.15, 0.2) is 0 Å². The highest BCUT2D eigenvalue weighted by atomic mass is 16.5. The van der Waals surface area contributed by atoms with Crippen molar-refractivity contribution in [3.8, 4) is 0 Å². The number of rotatable bonds is 7. The molecule has 100 valence electrons. The van der Waals surface area contributed by atoms with Crippen molar-refractivity contribution in [1.29, 1.82) is 0 Å². The van der Waals surface area contributed by atoms with Gasteiger partial charge in [0, 0.05) is 19.2 Å². The number of ether oxygens (including phenoxy) is 1. The van der Waals surface area contributed by atoms with Crippen molar-refractivity contribution in [3.05, 3.63) is 0 Å². The first-order valence-corrected chi connectivity index (χ1v) is 6.35. The zero-order valence-electron chi connectivity index (χ0n) is 10.4. The van der Waals surface area contributed by atoms with Gasteiger partial charge < -0.3 is 20.3 Å². The zero-order valence-corrected chi connectivity index (χ0v) is 10.4. The molecule has 0 aliphatic heterocycles. The number of hydrogen-bond donors (Lipinski definition) is 3. The number of nitrogens with one attached hydrogen (secondary N) is 1. The van der Waals surface area contributed by atoms with Gasteiger partial charge >= 0.3 is 5.97 Å². The first-order chi connectivity index (χ1) is 8.13. The molecule has 1 aliphatic rings. The summed E-state index contributed by atoms with van der Waals surface area (Å²) in [4.78, 5) is 10.9. The SMILES string of the molecule is CCOCC(O)CNC1CCCC(C(=O)O)C1. The molecule has 1 fully saturated rings. The van der Waals surface area contributed by atoms with Crippen LogP contribution in [0.4, 0.5) is 0 Å². The molecule has 1 saturated carbocycles. The molecule has 3 N–H and O–H groups in total. The standard InChI is InChI=1S/C12H23NO4/c1-2-17-8-11(14)7-13-10-5-3-4-9(6-10)12(15)16/h9-11,13-14H,2-8H2,1H3,(H,15,16). The van der Waals surface area contributed by atoms with Crippen LogP contribution in [0.1, 0.15) is 32.6 Å². The summed E-state index contributed by atoms with van der Waals surface area (Å²) in [5.41, 5.74) is 0. The maximum atomic E-state index is 10.9. The van der Waals surface area contributed by atoms with E-state index in [1.807, 2.05) is 6.92 Å². The second-order valence-corrected chi connectivity index (χ2v) is 4.62. The Morgan fingerprint density at radius 1 is 1.53 bits per heavy atom. The van der Waals surface area contributed by atoms with Crippen molar-refractivity contribution in [1.82, 2.24) is 5.32 Å². The molecular weight excluding hydrogens is 222 g/mol. The number of aliphatic carboxylic acids is 1. The predicted octanol–water partition coefficient (Wildman–Crippen LogP) is 0.617. The van der Waals surface area contributed by atoms with E-state index >= 15 is 0 Å². The van der Waals surface area contributed by atoms with E-state index < -0.39 is 12.1 Å². The van der Waals surface area contributed by atoms with Crippen molar-refractivity contribution in [2.45, 2.75) is 44.8 Å². The van der Waals surface area contributed by atoms with Crippen LogP contribution in [0.25, 0.3) is 0 Å². The lowest BCUT2D eigenvalue weighted by atomic mass is 9.86. The maximum absolute atomic E-state index is 10.9. The molecule has 0 aromatic carbocycles. The third-order valence-corrected chi connectivity index (χ3v) is 3.18. The van der Waals surface area contributed by atoms with E-state index in [2.05, 4.69) is 5.32 Å². The van der Waals surface area contributed by atoms with Gasteiger partial charge in [0.25, 0.3) is 0 Å². The normalized spacial score (nSPS) is 26.7. The maximum Gasteiger partial charge on any atom is 0.306 e. The second-order valence-electron chi connectivity index (χ2n) is 4.62. The molecule has 1 aliphatic carbocycles. The minimum absolute atomic E-state index is 0.209. The Morgan fingerprint density at radius 2 is 2.29 bits per heavy atom. The van der Waals surface area contributed by atoms with E-state index in [1.54, 1.807) is 0 Å². The number of carboxylic acid groups (broad SMARTS) is 1. The van der Waals surface area contributed by atoms with Gasteiger partial charge in [0.05, 0.1) is 18.6 Å². The molecule has 0 heterocycles. The molecule has 0 amide bonds. The summed E-state index contributed by atoms with van der Waals surface area (Å²) in [6.07, 6.45) is 2.85. The first-order valence-electron chi connectivity index (χ1n) is 6.35. The van der Waals surface area contributed by atoms with Crippen molar-refractivity contribution in [3.63, 3.8) is 0 Å². The van der Waals surface area contributed by atoms with Crippen molar-refractivity contribution in [2.75, 3.05) is 19.8 Å². The van der Waals surface area contributed by atoms with Gasteiger partial charge in [-0.3, -0.25) is 4.79 Å². The summed E-state index contributed by atoms with van der Waals surface area (Å²) in [5.74, 6) is -0.934. The highest BCUT2D eigenvalue weighted by Crippen LogP contribution is 2.24. The molecule has 0 bridgehead atoms. The third kappa shape index (κ3) is 5.48. The van der Waals surface area contributed by atoms with E-state index in [0.717, 1.165) is 19.3 Å². The largest absolute Gasteiger partial charge is 0.481 e. The third-order valence-electron chi connectivity index (χ3n) is 3.18. The summed E-state index contributed by atoms with van der Waals surface area (Å²) in [6.45, 7) is 3.29. The van der Waals surface area contributed by atoms with Crippen LogP contribution >= 0.6 is 0 Å². The average Bonchev–Trinajstić information content (AvgIpc) is 2.34. The Hall–Kier alpha value is -0.650. The Kier molecular flexibility index (Phi) is 6.47. The predicted molar refractivity (Wildman–Crippen MR) is 63.9 cm³/mol. The molecule has 0 spiro atoms. The van der Waals surface area contributed by atoms with Gasteiger partial charge in [-0.1, -0.05) is 6.42 Å². The van der Waals surface area contributed by atoms with Gasteiger partial charge in [-0.25, -0.2) is 0 Å². The van der Waals surface area contributed by atoms with E-state index in [-0.39, 0.29) is 12.0 Å². The summed E-state index contributed by atoms with van der Waals surface area (Å²) >= 11 is 0. The van der Waals surface area contributed by atoms with Crippen molar-refractivity contribution in [2.24, 2.45) is 5.92 Å². The number of aliphatic hydroxyl groups excluding tert-OH is 1. The number of carbonyl (C=O) groups is 1. The highest BCUT2D eigenvalue weighted by Gasteiger charge is 2.26. The van der Waals surface area contributed by atoms with Crippen LogP contribution in [0.2, 0.25) is 0 Å². The minimum Gasteiger partial charge on any atom is -0.481 e. The molecular formula is C12H23NO4. The quantitative estimate of drug-likeness (QED) is 0.612. The molecule has 0 saturated heterocycles. The number of carboxylic acids is 1. The van der Waals surface area contributed by atoms with Crippen LogP contribution in [0.5, 0.6) is 0 Å². The van der Waals surface area contributed by atoms with E-state index in [9.17, 15) is 9.90 Å². The minimum atomic E-state index is -0.702. The molecule has 3 atom stereocenters. The lowest BCUT2D eigenvalue weighted by Gasteiger charge is -2.28. The van der Waals surface area contributed by atoms with Gasteiger partial charge in [0.2, 0.25) is 0 Å². The average molecular weight is 245 g/mol. The zero-order chi connectivity index (χ0) is 12.7. The van der Waals surface area contributed by atoms with Crippen LogP contribution < -0.4 is 5.32 Å². The van der Waals surface area contributed by atoms with E-state index in [1.165, 1.54) is 0 Å². The smallest absolute Gasteiger partial charge is 0.306 e. The van der Waals surface area contributed by atoms with Crippen LogP contribution in [0, 0.1) is 5.92 Å². The fourth-order valence-corrected chi connectivity index (χ4v) is 2.22. The van der Waals surface area contributed by atoms with E-state index in [0.29, 0.717) is 26.2 Å². The van der Waals surface area contributed by atoms with Crippen LogP contribution in [-0.4, -0.2) is 48.1 Å². The second kappa shape index (κ2) is 7.63. The molecule has 5 heteroatoms. The van der Waals surface area contributed by atoms with Gasteiger partial charge in [0.1, 0.15) is 0 Å². The fraction of sp³-hybridized carbons (Fsp3) is 0.917. The van der Waals surface area contributed by atoms with Crippen molar-refractivity contribution < 1.29 is 19.7 Å². The number of aliphatic hydroxyl groups is 1. The summed E-state index contributed by atoms with van der Waals surface area (Å²) in [5, 5.41) is 21.8. The Labute approximate surface area is 102 Å². The van der Waals surface area contributed by atoms with Gasteiger partial charge in [-0.2, -0.15) is 0 Å². The summed E-state index contributed by atoms with van der Waals surface area (Å²) in [6, 6.07) is 0.209. The van der Waals surface area contributed by atoms with E-state index in [4.69, 9.17) is 9.84 Å². The van der Waals surface area contributed by atoms with Gasteiger partial charge in [-0.15, -0.1) is 0 Å². The number of hydrogen-bond acceptors (Lipinski definition) is 4. The molecule has 0 aromatic heterocycles. The van der Waals surface area contributed by atoms with Crippen molar-refractivity contribution >= 4 is 5.97 Å². The Balaban J connectivity index is 2.20. The molecule has 17 heavy (non-hydrogen) atoms. The topological polar surface area (TPSA) is 78.8 Å². The van der Waals surface area contributed by atoms with Gasteiger partial charge in [0.15, 0.2) is 0 Å². The Bertz CT molecular complexity index is 235. The lowest BCUT2D eigenvalue weighted by Crippen LogP contribution is -2.41. The fourth-order valence-electron chi connectivity index (χ4n) is 2.22. The van der Waals surface area contributed by atoms with Crippen LogP contribution in [-0.2, 0) is 9.53 Å². The molecule has 0 radical (unpaired) electrons. The summed E-state index contributed by atoms with van der Waals surface area (Å²) in [7, 11) is 0. The Morgan fingerprint density at radius 3 is 2.94 bits per heavy atom. The first kappa shape index (κ1) is 14.4. The molecule has 0 aromatic rings. The molecule has 5 nitrogen and oxygen atoms in total. The monoisotopic (exact) mass is 245 g/mol. The highest BCUT2D eigenvalue weighted by molar-refractivity contribution is 5.70. The summed E-state index contributed by atoms with van der Waals surface area (Å²) < 4.78 is 5.11. The lowest BCUT2D eigenvalue weighted by molar-refractivity contribution is -0.143.